The van der Waals surface area contributed by atoms with Crippen molar-refractivity contribution in [3.63, 3.8) is 0 Å². The lowest BCUT2D eigenvalue weighted by Crippen LogP contribution is -2.31. The molecule has 0 fully saturated rings. The summed E-state index contributed by atoms with van der Waals surface area (Å²) in [5.74, 6) is 1.08. The molecule has 3 unspecified atom stereocenters. The Morgan fingerprint density at radius 1 is 1.04 bits per heavy atom. The summed E-state index contributed by atoms with van der Waals surface area (Å²) in [5.41, 5.74) is 6.07. The first-order chi connectivity index (χ1) is 11.4. The van der Waals surface area contributed by atoms with Gasteiger partial charge in [0.2, 0.25) is 0 Å². The monoisotopic (exact) mass is 317 g/mol. The Hall–Kier alpha value is -2.02. The van der Waals surface area contributed by atoms with E-state index in [1.807, 2.05) is 0 Å². The number of benzene rings is 1. The summed E-state index contributed by atoms with van der Waals surface area (Å²) in [6, 6.07) is 10.5. The van der Waals surface area contributed by atoms with Crippen LogP contribution in [0.4, 0.5) is 5.69 Å². The molecule has 1 N–H and O–H groups in total. The first-order valence-electron chi connectivity index (χ1n) is 9.07. The largest absolute Gasteiger partial charge is 0.359 e. The highest BCUT2D eigenvalue weighted by Gasteiger charge is 2.53. The highest BCUT2D eigenvalue weighted by molar-refractivity contribution is 5.57. The van der Waals surface area contributed by atoms with E-state index >= 15 is 0 Å². The van der Waals surface area contributed by atoms with Crippen molar-refractivity contribution in [1.82, 2.24) is 0 Å². The van der Waals surface area contributed by atoms with Gasteiger partial charge in [-0.15, -0.1) is 0 Å². The molecule has 3 aliphatic carbocycles. The van der Waals surface area contributed by atoms with Crippen LogP contribution in [0.2, 0.25) is 0 Å². The Labute approximate surface area is 145 Å². The van der Waals surface area contributed by atoms with Crippen molar-refractivity contribution in [1.29, 1.82) is 0 Å². The van der Waals surface area contributed by atoms with Gasteiger partial charge in [-0.2, -0.15) is 0 Å². The van der Waals surface area contributed by atoms with Gasteiger partial charge in [-0.25, -0.2) is 0 Å². The third-order valence-electron chi connectivity index (χ3n) is 6.37. The van der Waals surface area contributed by atoms with Gasteiger partial charge in [-0.1, -0.05) is 75.8 Å². The summed E-state index contributed by atoms with van der Waals surface area (Å²) in [6.45, 7) is 9.61. The predicted molar refractivity (Wildman–Crippen MR) is 103 cm³/mol. The fraction of sp³-hybridized carbons (Fsp3) is 0.391. The Morgan fingerprint density at radius 2 is 1.79 bits per heavy atom. The van der Waals surface area contributed by atoms with Crippen LogP contribution >= 0.6 is 0 Å². The third kappa shape index (κ3) is 2.14. The number of nitrogens with one attached hydrogen (secondary N) is 1. The average Bonchev–Trinajstić information content (AvgIpc) is 2.73. The first kappa shape index (κ1) is 15.5. The van der Waals surface area contributed by atoms with Gasteiger partial charge in [-0.3, -0.25) is 0 Å². The molecule has 1 heteroatoms. The zero-order chi connectivity index (χ0) is 16.9. The van der Waals surface area contributed by atoms with Gasteiger partial charge in [0, 0.05) is 16.8 Å². The average molecular weight is 317 g/mol. The number of fused-ring (bicyclic) bond motifs is 2. The maximum absolute atomic E-state index is 3.67. The van der Waals surface area contributed by atoms with E-state index in [-0.39, 0.29) is 10.8 Å². The fourth-order valence-electron chi connectivity index (χ4n) is 5.02. The predicted octanol–water partition coefficient (Wildman–Crippen LogP) is 6.11. The van der Waals surface area contributed by atoms with Crippen LogP contribution in [0.5, 0.6) is 0 Å². The molecule has 0 amide bonds. The lowest BCUT2D eigenvalue weighted by atomic mass is 9.66. The number of rotatable bonds is 2. The van der Waals surface area contributed by atoms with Crippen molar-refractivity contribution >= 4 is 5.69 Å². The van der Waals surface area contributed by atoms with E-state index < -0.39 is 0 Å². The molecule has 124 valence electrons. The van der Waals surface area contributed by atoms with E-state index in [1.54, 1.807) is 5.57 Å². The quantitative estimate of drug-likeness (QED) is 0.694. The number of para-hydroxylation sites is 1. The van der Waals surface area contributed by atoms with E-state index in [0.717, 1.165) is 6.42 Å². The molecule has 3 aliphatic rings. The minimum atomic E-state index is 0.122. The SMILES string of the molecule is CC1CC2=C(C=C1Nc1ccccc1)C1(C)C=CC=CC1C2(C)C. The van der Waals surface area contributed by atoms with Crippen LogP contribution in [0.15, 0.2) is 77.6 Å². The van der Waals surface area contributed by atoms with Crippen LogP contribution in [0, 0.1) is 22.7 Å². The Kier molecular flexibility index (Phi) is 3.38. The Morgan fingerprint density at radius 3 is 2.54 bits per heavy atom. The molecule has 4 rings (SSSR count). The molecule has 1 nitrogen and oxygen atoms in total. The summed E-state index contributed by atoms with van der Waals surface area (Å²) in [4.78, 5) is 0. The first-order valence-corrected chi connectivity index (χ1v) is 9.07. The van der Waals surface area contributed by atoms with Crippen LogP contribution in [0.25, 0.3) is 0 Å². The molecule has 1 aromatic rings. The van der Waals surface area contributed by atoms with Crippen LogP contribution in [-0.4, -0.2) is 0 Å². The van der Waals surface area contributed by atoms with Gasteiger partial charge in [-0.05, 0) is 47.5 Å². The molecule has 0 heterocycles. The minimum absolute atomic E-state index is 0.122. The van der Waals surface area contributed by atoms with Gasteiger partial charge in [0.1, 0.15) is 0 Å². The molecular formula is C23H27N. The minimum Gasteiger partial charge on any atom is -0.359 e. The van der Waals surface area contributed by atoms with Gasteiger partial charge in [0.05, 0.1) is 0 Å². The molecule has 1 aromatic carbocycles. The van der Waals surface area contributed by atoms with Crippen molar-refractivity contribution in [2.45, 2.75) is 34.1 Å². The topological polar surface area (TPSA) is 12.0 Å². The number of hydrogen-bond donors (Lipinski definition) is 1. The maximum Gasteiger partial charge on any atom is 0.0381 e. The van der Waals surface area contributed by atoms with Crippen molar-refractivity contribution in [2.75, 3.05) is 5.32 Å². The van der Waals surface area contributed by atoms with E-state index in [0.29, 0.717) is 11.8 Å². The van der Waals surface area contributed by atoms with Crippen LogP contribution in [0.3, 0.4) is 0 Å². The zero-order valence-corrected chi connectivity index (χ0v) is 15.1. The van der Waals surface area contributed by atoms with E-state index in [2.05, 4.69) is 93.7 Å². The molecule has 0 aliphatic heterocycles. The number of allylic oxidation sites excluding steroid dienone is 8. The number of hydrogen-bond acceptors (Lipinski definition) is 1. The molecule has 0 radical (unpaired) electrons. The molecule has 0 bridgehead atoms. The molecule has 0 saturated carbocycles. The summed E-state index contributed by atoms with van der Waals surface area (Å²) in [7, 11) is 0. The molecule has 3 atom stereocenters. The lowest BCUT2D eigenvalue weighted by Gasteiger charge is -2.37. The zero-order valence-electron chi connectivity index (χ0n) is 15.1. The van der Waals surface area contributed by atoms with E-state index in [4.69, 9.17) is 0 Å². The van der Waals surface area contributed by atoms with Gasteiger partial charge >= 0.3 is 0 Å². The second-order valence-electron chi connectivity index (χ2n) is 8.31. The summed E-state index contributed by atoms with van der Waals surface area (Å²) >= 11 is 0. The normalized spacial score (nSPS) is 33.1. The van der Waals surface area contributed by atoms with E-state index in [9.17, 15) is 0 Å². The molecular weight excluding hydrogens is 290 g/mol. The Bertz CT molecular complexity index is 776. The van der Waals surface area contributed by atoms with Crippen molar-refractivity contribution < 1.29 is 0 Å². The van der Waals surface area contributed by atoms with Crippen LogP contribution in [-0.2, 0) is 0 Å². The maximum atomic E-state index is 3.67. The molecule has 0 aromatic heterocycles. The Balaban J connectivity index is 1.77. The van der Waals surface area contributed by atoms with Gasteiger partial charge in [0.15, 0.2) is 0 Å². The molecule has 24 heavy (non-hydrogen) atoms. The van der Waals surface area contributed by atoms with Crippen LogP contribution < -0.4 is 5.32 Å². The summed E-state index contributed by atoms with van der Waals surface area (Å²) in [5, 5.41) is 3.67. The third-order valence-corrected chi connectivity index (χ3v) is 6.37. The molecule has 0 saturated heterocycles. The highest BCUT2D eigenvalue weighted by atomic mass is 14.9. The number of anilines is 1. The van der Waals surface area contributed by atoms with Gasteiger partial charge < -0.3 is 5.32 Å². The highest BCUT2D eigenvalue weighted by Crippen LogP contribution is 2.62. The lowest BCUT2D eigenvalue weighted by molar-refractivity contribution is 0.243. The van der Waals surface area contributed by atoms with Crippen molar-refractivity contribution in [2.24, 2.45) is 22.7 Å². The molecule has 0 spiro atoms. The summed E-state index contributed by atoms with van der Waals surface area (Å²) < 4.78 is 0. The standard InChI is InChI=1S/C23H27N/c1-16-14-18-19(15-20(16)24-17-10-6-5-7-11-17)23(4)13-9-8-12-21(23)22(18,2)3/h5-13,15-16,21,24H,14H2,1-4H3. The van der Waals surface area contributed by atoms with E-state index in [1.165, 1.54) is 17.0 Å². The van der Waals surface area contributed by atoms with Crippen molar-refractivity contribution in [3.8, 4) is 0 Å². The second-order valence-corrected chi connectivity index (χ2v) is 8.31. The van der Waals surface area contributed by atoms with Gasteiger partial charge in [0.25, 0.3) is 0 Å². The summed E-state index contributed by atoms with van der Waals surface area (Å²) in [6.07, 6.45) is 12.9. The second kappa shape index (κ2) is 5.24. The van der Waals surface area contributed by atoms with Crippen molar-refractivity contribution in [3.05, 3.63) is 77.6 Å². The fourth-order valence-corrected chi connectivity index (χ4v) is 5.02. The smallest absolute Gasteiger partial charge is 0.0381 e. The van der Waals surface area contributed by atoms with Crippen LogP contribution in [0.1, 0.15) is 34.1 Å².